The predicted molar refractivity (Wildman–Crippen MR) is 87.7 cm³/mol. The van der Waals surface area contributed by atoms with Crippen LogP contribution in [0.15, 0.2) is 12.1 Å². The maximum atomic E-state index is 13.5. The molecule has 0 radical (unpaired) electrons. The van der Waals surface area contributed by atoms with E-state index in [4.69, 9.17) is 5.73 Å². The van der Waals surface area contributed by atoms with E-state index < -0.39 is 5.54 Å². The number of hydrogen-bond donors (Lipinski definition) is 2. The second-order valence-electron chi connectivity index (χ2n) is 5.16. The van der Waals surface area contributed by atoms with Crippen LogP contribution in [-0.2, 0) is 4.79 Å². The summed E-state index contributed by atoms with van der Waals surface area (Å²) < 4.78 is 14.3. The minimum Gasteiger partial charge on any atom is -0.318 e. The number of benzene rings is 1. The fourth-order valence-corrected chi connectivity index (χ4v) is 2.95. The zero-order valence-electron chi connectivity index (χ0n) is 12.2. The van der Waals surface area contributed by atoms with Crippen molar-refractivity contribution >= 4 is 45.0 Å². The van der Waals surface area contributed by atoms with Crippen molar-refractivity contribution in [3.05, 3.63) is 23.5 Å². The summed E-state index contributed by atoms with van der Waals surface area (Å²) in [4.78, 5) is 16.4. The van der Waals surface area contributed by atoms with Crippen molar-refractivity contribution in [3.63, 3.8) is 0 Å². The Labute approximate surface area is 133 Å². The first-order chi connectivity index (χ1) is 9.35. The highest BCUT2D eigenvalue weighted by Gasteiger charge is 2.28. The van der Waals surface area contributed by atoms with E-state index in [1.807, 2.05) is 6.92 Å². The number of nitrogens with one attached hydrogen (secondary N) is 1. The summed E-state index contributed by atoms with van der Waals surface area (Å²) in [5, 5.41) is 3.17. The molecule has 0 saturated heterocycles. The van der Waals surface area contributed by atoms with Crippen LogP contribution in [0.25, 0.3) is 10.2 Å². The maximum Gasteiger partial charge on any atom is 0.245 e. The Morgan fingerprint density at radius 3 is 2.81 bits per heavy atom. The van der Waals surface area contributed by atoms with E-state index in [1.54, 1.807) is 19.9 Å². The molecule has 7 heteroatoms. The number of nitrogens with zero attached hydrogens (tertiary/aromatic N) is 1. The second kappa shape index (κ2) is 6.68. The number of carbonyl (C=O) groups is 1. The van der Waals surface area contributed by atoms with Gasteiger partial charge >= 0.3 is 0 Å². The summed E-state index contributed by atoms with van der Waals surface area (Å²) in [5.74, 6) is -0.563. The van der Waals surface area contributed by atoms with Gasteiger partial charge in [-0.05, 0) is 32.4 Å². The molecule has 2 aromatic rings. The van der Waals surface area contributed by atoms with Crippen LogP contribution >= 0.6 is 23.7 Å². The Morgan fingerprint density at radius 2 is 2.19 bits per heavy atom. The lowest BCUT2D eigenvalue weighted by molar-refractivity contribution is -0.120. The van der Waals surface area contributed by atoms with Gasteiger partial charge in [-0.2, -0.15) is 0 Å². The average Bonchev–Trinajstić information content (AvgIpc) is 2.77. The van der Waals surface area contributed by atoms with Crippen LogP contribution in [0.3, 0.4) is 0 Å². The highest BCUT2D eigenvalue weighted by Crippen LogP contribution is 2.29. The van der Waals surface area contributed by atoms with E-state index in [9.17, 15) is 9.18 Å². The smallest absolute Gasteiger partial charge is 0.245 e. The Bertz CT molecular complexity index is 657. The number of nitrogens with two attached hydrogens (primary N) is 1. The lowest BCUT2D eigenvalue weighted by Gasteiger charge is -2.21. The molecule has 1 aromatic heterocycles. The summed E-state index contributed by atoms with van der Waals surface area (Å²) in [6.07, 6.45) is 1.42. The minimum atomic E-state index is -0.924. The van der Waals surface area contributed by atoms with E-state index in [1.165, 1.54) is 17.4 Å². The number of halogens is 2. The van der Waals surface area contributed by atoms with Crippen LogP contribution in [0.2, 0.25) is 0 Å². The molecule has 0 aliphatic rings. The first-order valence-electron chi connectivity index (χ1n) is 6.51. The Hall–Kier alpha value is -1.24. The van der Waals surface area contributed by atoms with Gasteiger partial charge in [0.1, 0.15) is 5.82 Å². The van der Waals surface area contributed by atoms with Crippen LogP contribution in [0.5, 0.6) is 0 Å². The highest BCUT2D eigenvalue weighted by atomic mass is 35.5. The number of aromatic nitrogens is 1. The molecule has 1 unspecified atom stereocenters. The molecule has 2 rings (SSSR count). The lowest BCUT2D eigenvalue weighted by atomic mass is 9.97. The molecule has 0 aliphatic carbocycles. The average molecular weight is 332 g/mol. The number of fused-ring (bicyclic) bond motifs is 1. The maximum absolute atomic E-state index is 13.5. The number of rotatable bonds is 4. The molecular formula is C14H19ClFN3OS. The van der Waals surface area contributed by atoms with Crippen molar-refractivity contribution in [1.82, 2.24) is 4.98 Å². The molecule has 3 N–H and O–H groups in total. The Morgan fingerprint density at radius 1 is 1.52 bits per heavy atom. The number of anilines is 1. The summed E-state index contributed by atoms with van der Waals surface area (Å²) in [7, 11) is 0. The van der Waals surface area contributed by atoms with E-state index in [0.29, 0.717) is 22.6 Å². The molecule has 0 saturated carbocycles. The standard InChI is InChI=1S/C14H18FN3OS.ClH/c1-4-7-14(3,16)12(19)18-13-17-11-8(2)9(15)5-6-10(11)20-13;/h5-6H,4,7,16H2,1-3H3,(H,17,18,19);1H. The van der Waals surface area contributed by atoms with Gasteiger partial charge in [-0.1, -0.05) is 24.7 Å². The van der Waals surface area contributed by atoms with Gasteiger partial charge < -0.3 is 11.1 Å². The molecule has 1 heterocycles. The van der Waals surface area contributed by atoms with Crippen molar-refractivity contribution in [2.24, 2.45) is 5.73 Å². The van der Waals surface area contributed by atoms with E-state index in [2.05, 4.69) is 10.3 Å². The quantitative estimate of drug-likeness (QED) is 0.899. The SMILES string of the molecule is CCCC(C)(N)C(=O)Nc1nc2c(C)c(F)ccc2s1.Cl. The Kier molecular flexibility index (Phi) is 5.67. The highest BCUT2D eigenvalue weighted by molar-refractivity contribution is 7.22. The van der Waals surface area contributed by atoms with Crippen molar-refractivity contribution in [2.45, 2.75) is 39.2 Å². The molecule has 1 aromatic carbocycles. The zero-order valence-corrected chi connectivity index (χ0v) is 13.8. The van der Waals surface area contributed by atoms with Crippen LogP contribution in [0, 0.1) is 12.7 Å². The third-order valence-electron chi connectivity index (χ3n) is 3.26. The zero-order chi connectivity index (χ0) is 14.9. The molecule has 116 valence electrons. The fraction of sp³-hybridized carbons (Fsp3) is 0.429. The first kappa shape index (κ1) is 17.8. The van der Waals surface area contributed by atoms with Crippen molar-refractivity contribution in [2.75, 3.05) is 5.32 Å². The van der Waals surface area contributed by atoms with Crippen molar-refractivity contribution in [1.29, 1.82) is 0 Å². The van der Waals surface area contributed by atoms with Gasteiger partial charge in [0, 0.05) is 5.56 Å². The molecule has 0 spiro atoms. The van der Waals surface area contributed by atoms with Crippen molar-refractivity contribution < 1.29 is 9.18 Å². The van der Waals surface area contributed by atoms with Gasteiger partial charge in [-0.3, -0.25) is 4.79 Å². The van der Waals surface area contributed by atoms with E-state index >= 15 is 0 Å². The predicted octanol–water partition coefficient (Wildman–Crippen LogP) is 3.62. The van der Waals surface area contributed by atoms with Gasteiger partial charge in [0.15, 0.2) is 5.13 Å². The van der Waals surface area contributed by atoms with Gasteiger partial charge in [0.05, 0.1) is 15.8 Å². The van der Waals surface area contributed by atoms with E-state index in [0.717, 1.165) is 11.1 Å². The van der Waals surface area contributed by atoms with Gasteiger partial charge in [0.2, 0.25) is 5.91 Å². The molecule has 0 aliphatic heterocycles. The van der Waals surface area contributed by atoms with Crippen LogP contribution in [0.1, 0.15) is 32.3 Å². The summed E-state index contributed by atoms with van der Waals surface area (Å²) in [6, 6.07) is 3.07. The molecule has 0 bridgehead atoms. The third-order valence-corrected chi connectivity index (χ3v) is 4.19. The summed E-state index contributed by atoms with van der Waals surface area (Å²) in [5.41, 5.74) is 6.12. The number of thiazole rings is 1. The first-order valence-corrected chi connectivity index (χ1v) is 7.33. The van der Waals surface area contributed by atoms with Crippen LogP contribution in [0.4, 0.5) is 9.52 Å². The number of hydrogen-bond acceptors (Lipinski definition) is 4. The minimum absolute atomic E-state index is 0. The number of amides is 1. The molecule has 4 nitrogen and oxygen atoms in total. The van der Waals surface area contributed by atoms with Gasteiger partial charge in [-0.25, -0.2) is 9.37 Å². The Balaban J connectivity index is 0.00000220. The molecular weight excluding hydrogens is 313 g/mol. The van der Waals surface area contributed by atoms with Crippen LogP contribution < -0.4 is 11.1 Å². The molecule has 1 amide bonds. The van der Waals surface area contributed by atoms with Gasteiger partial charge in [-0.15, -0.1) is 12.4 Å². The number of carbonyl (C=O) groups excluding carboxylic acids is 1. The fourth-order valence-electron chi connectivity index (χ4n) is 2.03. The van der Waals surface area contributed by atoms with Crippen LogP contribution in [-0.4, -0.2) is 16.4 Å². The lowest BCUT2D eigenvalue weighted by Crippen LogP contribution is -2.48. The molecule has 1 atom stereocenters. The topological polar surface area (TPSA) is 68.0 Å². The normalized spacial score (nSPS) is 13.6. The third kappa shape index (κ3) is 3.70. The largest absolute Gasteiger partial charge is 0.318 e. The summed E-state index contributed by atoms with van der Waals surface area (Å²) in [6.45, 7) is 5.35. The second-order valence-corrected chi connectivity index (χ2v) is 6.19. The number of aryl methyl sites for hydroxylation is 1. The van der Waals surface area contributed by atoms with E-state index in [-0.39, 0.29) is 24.1 Å². The van der Waals surface area contributed by atoms with Gasteiger partial charge in [0.25, 0.3) is 0 Å². The molecule has 21 heavy (non-hydrogen) atoms. The van der Waals surface area contributed by atoms with Crippen molar-refractivity contribution in [3.8, 4) is 0 Å². The monoisotopic (exact) mass is 331 g/mol. The molecule has 0 fully saturated rings. The summed E-state index contributed by atoms with van der Waals surface area (Å²) >= 11 is 1.32.